The second-order valence-electron chi connectivity index (χ2n) is 36.9. The molecule has 0 spiro atoms. The first-order valence-corrected chi connectivity index (χ1v) is 49.4. The maximum absolute atomic E-state index is 2.67. The average molecular weight is 1790 g/mol. The van der Waals surface area contributed by atoms with E-state index in [-0.39, 0.29) is 0 Å². The van der Waals surface area contributed by atoms with Crippen LogP contribution in [0.4, 0.5) is 34.1 Å². The van der Waals surface area contributed by atoms with Crippen molar-refractivity contribution in [2.75, 3.05) is 9.80 Å². The van der Waals surface area contributed by atoms with Gasteiger partial charge in [0.25, 0.3) is 0 Å². The molecule has 0 saturated heterocycles. The molecule has 0 fully saturated rings. The summed E-state index contributed by atoms with van der Waals surface area (Å²) >= 11 is 3.76. The molecule has 2 aromatic heterocycles. The van der Waals surface area contributed by atoms with Crippen LogP contribution in [0.15, 0.2) is 510 Å². The molecule has 0 bridgehead atoms. The molecule has 0 amide bonds. The van der Waals surface area contributed by atoms with Gasteiger partial charge in [-0.1, -0.05) is 443 Å². The van der Waals surface area contributed by atoms with E-state index >= 15 is 0 Å². The Bertz CT molecular complexity index is 9450. The Balaban J connectivity index is 0.636. The molecule has 0 radical (unpaired) electrons. The number of hydrogen-bond donors (Lipinski definition) is 0. The van der Waals surface area contributed by atoms with Crippen LogP contribution < -0.4 is 9.80 Å². The normalized spacial score (nSPS) is 13.6. The maximum Gasteiger partial charge on any atom is 0.0714 e. The number of anilines is 6. The van der Waals surface area contributed by atoms with Crippen molar-refractivity contribution in [3.8, 4) is 77.9 Å². The number of thiophene rings is 2. The molecule has 138 heavy (non-hydrogen) atoms. The van der Waals surface area contributed by atoms with Gasteiger partial charge >= 0.3 is 0 Å². The Morgan fingerprint density at radius 1 is 0.167 bits per heavy atom. The summed E-state index contributed by atoms with van der Waals surface area (Å²) < 4.78 is 5.16. The Morgan fingerprint density at radius 2 is 0.543 bits per heavy atom. The summed E-state index contributed by atoms with van der Waals surface area (Å²) in [6.07, 6.45) is 0. The van der Waals surface area contributed by atoms with Gasteiger partial charge in [-0.25, -0.2) is 0 Å². The van der Waals surface area contributed by atoms with Gasteiger partial charge in [-0.3, -0.25) is 0 Å². The van der Waals surface area contributed by atoms with Crippen molar-refractivity contribution >= 4 is 162 Å². The molecule has 2 aliphatic rings. The molecule has 0 aliphatic heterocycles. The highest BCUT2D eigenvalue weighted by Crippen LogP contribution is 2.64. The Hall–Kier alpha value is -17.1. The van der Waals surface area contributed by atoms with Crippen LogP contribution in [0.25, 0.3) is 183 Å². The molecule has 4 heteroatoms. The molecule has 2 nitrogen and oxygen atoms in total. The molecule has 1 unspecified atom stereocenters. The maximum atomic E-state index is 2.67. The summed E-state index contributed by atoms with van der Waals surface area (Å²) in [5.41, 5.74) is 31.4. The summed E-state index contributed by atoms with van der Waals surface area (Å²) in [4.78, 5) is 5.26. The fraction of sp³-hybridized carbons (Fsp3) is 0.0149. The van der Waals surface area contributed by atoms with Crippen LogP contribution in [0, 0.1) is 0 Å². The van der Waals surface area contributed by atoms with Crippen molar-refractivity contribution in [2.45, 2.75) is 10.8 Å². The van der Waals surface area contributed by atoms with Gasteiger partial charge in [-0.05, 0) is 226 Å². The number of nitrogens with zero attached hydrogens (tertiary/aromatic N) is 2. The average Bonchev–Trinajstić information content (AvgIpc) is 1.49. The van der Waals surface area contributed by atoms with E-state index in [2.05, 4.69) is 519 Å². The van der Waals surface area contributed by atoms with Gasteiger partial charge in [0.15, 0.2) is 0 Å². The SMILES string of the molecule is c1ccc(C2(c3cccc(-c4ccc5c(-c6c(N(c7cccc(-c8cccc9c8sc8ccccc89)c7)c7cccc8c7-c7ccccc7C8(c7ccccc7)c7ccccc7)c7ccccc7c7ccccc67)cccc5c4)c3)c3ccccc3-c3cc(N(c4ccc(-c5cccc6c5sc5ccccc56)cc4)c4c(-c5cccc6ccccc56)c5ccccc5c5ccccc45)ccc32)cc1. The van der Waals surface area contributed by atoms with Crippen LogP contribution in [-0.4, -0.2) is 0 Å². The van der Waals surface area contributed by atoms with E-state index in [1.54, 1.807) is 0 Å². The molecular weight excluding hydrogens is 1700 g/mol. The van der Waals surface area contributed by atoms with E-state index in [4.69, 9.17) is 0 Å². The van der Waals surface area contributed by atoms with E-state index < -0.39 is 10.8 Å². The van der Waals surface area contributed by atoms with Crippen LogP contribution in [0.2, 0.25) is 0 Å². The minimum atomic E-state index is -0.758. The van der Waals surface area contributed by atoms with Gasteiger partial charge in [-0.2, -0.15) is 0 Å². The Kier molecular flexibility index (Phi) is 18.3. The molecule has 28 rings (SSSR count). The number of fused-ring (bicyclic) bond motifs is 20. The minimum Gasteiger partial charge on any atom is -0.309 e. The minimum absolute atomic E-state index is 0.662. The van der Waals surface area contributed by atoms with E-state index in [1.165, 1.54) is 183 Å². The summed E-state index contributed by atoms with van der Waals surface area (Å²) in [6, 6.07) is 193. The fourth-order valence-corrected chi connectivity index (χ4v) is 26.7. The first-order valence-electron chi connectivity index (χ1n) is 47.7. The third kappa shape index (κ3) is 11.9. The smallest absolute Gasteiger partial charge is 0.0714 e. The molecule has 0 saturated carbocycles. The van der Waals surface area contributed by atoms with Crippen molar-refractivity contribution in [1.29, 1.82) is 0 Å². The summed E-state index contributed by atoms with van der Waals surface area (Å²) in [7, 11) is 0. The summed E-state index contributed by atoms with van der Waals surface area (Å²) in [5, 5.41) is 19.3. The van der Waals surface area contributed by atoms with Crippen LogP contribution in [0.1, 0.15) is 44.5 Å². The molecule has 26 aromatic rings. The largest absolute Gasteiger partial charge is 0.309 e. The van der Waals surface area contributed by atoms with E-state index in [9.17, 15) is 0 Å². The van der Waals surface area contributed by atoms with E-state index in [0.717, 1.165) is 78.1 Å². The first kappa shape index (κ1) is 79.4. The second-order valence-corrected chi connectivity index (χ2v) is 39.0. The van der Waals surface area contributed by atoms with Crippen molar-refractivity contribution in [3.63, 3.8) is 0 Å². The number of rotatable bonds is 15. The molecule has 1 atom stereocenters. The Labute approximate surface area is 808 Å². The second kappa shape index (κ2) is 31.8. The highest BCUT2D eigenvalue weighted by molar-refractivity contribution is 7.26. The lowest BCUT2D eigenvalue weighted by Gasteiger charge is -2.35. The van der Waals surface area contributed by atoms with Gasteiger partial charge in [0.1, 0.15) is 0 Å². The van der Waals surface area contributed by atoms with Gasteiger partial charge in [-0.15, -0.1) is 22.7 Å². The molecule has 642 valence electrons. The zero-order chi connectivity index (χ0) is 90.7. The van der Waals surface area contributed by atoms with Crippen LogP contribution in [0.5, 0.6) is 0 Å². The van der Waals surface area contributed by atoms with E-state index in [1.807, 2.05) is 22.7 Å². The highest BCUT2D eigenvalue weighted by Gasteiger charge is 2.49. The zero-order valence-electron chi connectivity index (χ0n) is 75.2. The fourth-order valence-electron chi connectivity index (χ4n) is 24.2. The number of hydrogen-bond acceptors (Lipinski definition) is 4. The lowest BCUT2D eigenvalue weighted by atomic mass is 9.67. The summed E-state index contributed by atoms with van der Waals surface area (Å²) in [5.74, 6) is 0. The van der Waals surface area contributed by atoms with Gasteiger partial charge in [0, 0.05) is 84.9 Å². The standard InChI is InChI=1S/C134H84N2S2/c1-4-40-91(41-5-1)133(92-42-6-2-7-43-92)120-68-25-21-60-117(120)128-122(133)69-34-70-123(128)136(96-47-29-38-90(83-96)101-62-33-66-116-108-55-23-27-72-125(108)138-132(101)116)130-114-59-19-15-52-105(114)103-50-13-17-57-112(103)127(130)110-64-31-39-89-81-88(75-79-99(89)110)87-37-28-46-94(82-87)134(93-44-8-3-9-45-93)119-67-24-20-53-106(119)118-84-97(78-80-121(118)134)135(95-76-73-86(74-77-95)100-61-32-65-115-107-54-22-26-71-124(107)137-131(100)115)129-113-58-18-14-51-104(113)102-49-12-16-56-111(102)126(129)109-63-30-36-85-35-10-11-48-98(85)109/h1-84H. The quantitative estimate of drug-likeness (QED) is 0.0944. The lowest BCUT2D eigenvalue weighted by Crippen LogP contribution is -2.28. The van der Waals surface area contributed by atoms with Gasteiger partial charge in [0.2, 0.25) is 0 Å². The summed E-state index contributed by atoms with van der Waals surface area (Å²) in [6.45, 7) is 0. The monoisotopic (exact) mass is 1780 g/mol. The molecular formula is C134H84N2S2. The van der Waals surface area contributed by atoms with Crippen molar-refractivity contribution in [2.24, 2.45) is 0 Å². The van der Waals surface area contributed by atoms with E-state index in [0.29, 0.717) is 0 Å². The first-order chi connectivity index (χ1) is 68.5. The predicted octanol–water partition coefficient (Wildman–Crippen LogP) is 37.3. The Morgan fingerprint density at radius 3 is 1.16 bits per heavy atom. The zero-order valence-corrected chi connectivity index (χ0v) is 76.8. The van der Waals surface area contributed by atoms with Crippen molar-refractivity contribution < 1.29 is 0 Å². The molecule has 2 heterocycles. The molecule has 24 aromatic carbocycles. The van der Waals surface area contributed by atoms with Crippen molar-refractivity contribution in [3.05, 3.63) is 554 Å². The molecule has 2 aliphatic carbocycles. The van der Waals surface area contributed by atoms with Crippen LogP contribution >= 0.6 is 22.7 Å². The van der Waals surface area contributed by atoms with Crippen molar-refractivity contribution in [1.82, 2.24) is 0 Å². The van der Waals surface area contributed by atoms with Gasteiger partial charge < -0.3 is 9.80 Å². The van der Waals surface area contributed by atoms with Crippen LogP contribution in [-0.2, 0) is 10.8 Å². The predicted molar refractivity (Wildman–Crippen MR) is 588 cm³/mol. The third-order valence-corrected chi connectivity index (χ3v) is 32.4. The number of benzene rings is 24. The molecule has 0 N–H and O–H groups in total. The third-order valence-electron chi connectivity index (χ3n) is 30.0. The van der Waals surface area contributed by atoms with Gasteiger partial charge in [0.05, 0.1) is 27.9 Å². The topological polar surface area (TPSA) is 6.48 Å². The highest BCUT2D eigenvalue weighted by atomic mass is 32.1. The van der Waals surface area contributed by atoms with Crippen LogP contribution in [0.3, 0.4) is 0 Å². The lowest BCUT2D eigenvalue weighted by molar-refractivity contribution is 0.768.